The number of allylic oxidation sites excluding steroid dienone is 2. The van der Waals surface area contributed by atoms with E-state index in [4.69, 9.17) is 4.74 Å². The van der Waals surface area contributed by atoms with E-state index >= 15 is 0 Å². The highest BCUT2D eigenvalue weighted by Crippen LogP contribution is 2.82. The summed E-state index contributed by atoms with van der Waals surface area (Å²) in [4.78, 5) is 13.2. The van der Waals surface area contributed by atoms with Crippen molar-refractivity contribution < 1.29 is 9.53 Å². The Labute approximate surface area is 150 Å². The topological polar surface area (TPSA) is 26.3 Å². The number of rotatable bonds is 2. The maximum absolute atomic E-state index is 13.2. The summed E-state index contributed by atoms with van der Waals surface area (Å²) in [5, 5.41) is 0. The fourth-order valence-corrected chi connectivity index (χ4v) is 7.41. The first-order chi connectivity index (χ1) is 11.9. The number of fused-ring (bicyclic) bond motifs is 1. The number of benzene rings is 1. The molecule has 2 bridgehead atoms. The van der Waals surface area contributed by atoms with Gasteiger partial charge in [0, 0.05) is 5.41 Å². The highest BCUT2D eigenvalue weighted by atomic mass is 16.6. The molecule has 0 radical (unpaired) electrons. The molecule has 1 aromatic carbocycles. The fraction of sp³-hybridized carbons (Fsp3) is 0.609. The van der Waals surface area contributed by atoms with Crippen molar-refractivity contribution >= 4 is 5.97 Å². The summed E-state index contributed by atoms with van der Waals surface area (Å²) in [7, 11) is 0. The van der Waals surface area contributed by atoms with Crippen molar-refractivity contribution in [3.63, 3.8) is 0 Å². The largest absolute Gasteiger partial charge is 0.460 e. The smallest absolute Gasteiger partial charge is 0.317 e. The third kappa shape index (κ3) is 1.41. The molecule has 5 atom stereocenters. The first-order valence-electron chi connectivity index (χ1n) is 9.91. The van der Waals surface area contributed by atoms with Gasteiger partial charge >= 0.3 is 5.97 Å². The van der Waals surface area contributed by atoms with Crippen LogP contribution < -0.4 is 0 Å². The van der Waals surface area contributed by atoms with Crippen molar-refractivity contribution in [1.29, 1.82) is 0 Å². The Morgan fingerprint density at radius 1 is 1.08 bits per heavy atom. The second kappa shape index (κ2) is 4.58. The highest BCUT2D eigenvalue weighted by molar-refractivity contribution is 5.89. The maximum Gasteiger partial charge on any atom is 0.317 e. The first kappa shape index (κ1) is 15.7. The normalized spacial score (nSPS) is 47.0. The van der Waals surface area contributed by atoms with Crippen LogP contribution in [0.5, 0.6) is 0 Å². The molecule has 132 valence electrons. The number of hydrogen-bond acceptors (Lipinski definition) is 2. The van der Waals surface area contributed by atoms with Gasteiger partial charge in [-0.3, -0.25) is 4.79 Å². The number of carbonyl (C=O) groups is 1. The first-order valence-corrected chi connectivity index (χ1v) is 9.91. The third-order valence-corrected chi connectivity index (χ3v) is 8.39. The Balaban J connectivity index is 1.82. The van der Waals surface area contributed by atoms with Crippen LogP contribution >= 0.6 is 0 Å². The molecule has 1 spiro atoms. The van der Waals surface area contributed by atoms with E-state index in [1.165, 1.54) is 31.2 Å². The van der Waals surface area contributed by atoms with Gasteiger partial charge in [0.2, 0.25) is 0 Å². The molecule has 0 amide bonds. The van der Waals surface area contributed by atoms with Gasteiger partial charge in [-0.2, -0.15) is 0 Å². The van der Waals surface area contributed by atoms with Gasteiger partial charge in [0.25, 0.3) is 0 Å². The molecule has 5 rings (SSSR count). The van der Waals surface area contributed by atoms with E-state index < -0.39 is 0 Å². The van der Waals surface area contributed by atoms with Gasteiger partial charge in [-0.1, -0.05) is 76.1 Å². The average molecular weight is 336 g/mol. The van der Waals surface area contributed by atoms with Crippen molar-refractivity contribution in [3.05, 3.63) is 48.0 Å². The van der Waals surface area contributed by atoms with Crippen molar-refractivity contribution in [2.24, 2.45) is 22.2 Å². The summed E-state index contributed by atoms with van der Waals surface area (Å²) in [6.45, 7) is 6.88. The van der Waals surface area contributed by atoms with Crippen molar-refractivity contribution in [2.75, 3.05) is 0 Å². The predicted molar refractivity (Wildman–Crippen MR) is 98.0 cm³/mol. The van der Waals surface area contributed by atoms with E-state index in [-0.39, 0.29) is 33.7 Å². The molecule has 1 aromatic rings. The second-order valence-corrected chi connectivity index (χ2v) is 9.42. The minimum Gasteiger partial charge on any atom is -0.460 e. The molecule has 25 heavy (non-hydrogen) atoms. The molecule has 3 fully saturated rings. The molecule has 4 aliphatic rings. The average Bonchev–Trinajstić information content (AvgIpc) is 3.01. The van der Waals surface area contributed by atoms with Crippen LogP contribution in [0.15, 0.2) is 42.5 Å². The van der Waals surface area contributed by atoms with Gasteiger partial charge in [0.05, 0.1) is 0 Å². The molecule has 2 nitrogen and oxygen atoms in total. The molecule has 0 unspecified atom stereocenters. The lowest BCUT2D eigenvalue weighted by atomic mass is 9.48. The lowest BCUT2D eigenvalue weighted by Gasteiger charge is -2.58. The molecule has 0 N–H and O–H groups in total. The molecule has 2 heteroatoms. The van der Waals surface area contributed by atoms with Crippen LogP contribution in [0.3, 0.4) is 0 Å². The van der Waals surface area contributed by atoms with E-state index in [0.717, 1.165) is 6.42 Å². The Morgan fingerprint density at radius 3 is 2.48 bits per heavy atom. The van der Waals surface area contributed by atoms with E-state index in [0.29, 0.717) is 5.92 Å². The summed E-state index contributed by atoms with van der Waals surface area (Å²) in [5.41, 5.74) is 1.000. The summed E-state index contributed by atoms with van der Waals surface area (Å²) < 4.78 is 5.81. The van der Waals surface area contributed by atoms with E-state index in [1.807, 2.05) is 0 Å². The summed E-state index contributed by atoms with van der Waals surface area (Å²) in [5.74, 6) is 0.405. The maximum atomic E-state index is 13.2. The zero-order valence-corrected chi connectivity index (χ0v) is 15.5. The van der Waals surface area contributed by atoms with Crippen molar-refractivity contribution in [1.82, 2.24) is 0 Å². The Kier molecular flexibility index (Phi) is 2.87. The second-order valence-electron chi connectivity index (χ2n) is 9.42. The minimum absolute atomic E-state index is 0.0319. The third-order valence-electron chi connectivity index (χ3n) is 8.39. The lowest BCUT2D eigenvalue weighted by Crippen LogP contribution is -2.68. The van der Waals surface area contributed by atoms with Gasteiger partial charge in [-0.05, 0) is 41.6 Å². The van der Waals surface area contributed by atoms with E-state index in [2.05, 4.69) is 63.3 Å². The summed E-state index contributed by atoms with van der Waals surface area (Å²) in [6.07, 6.45) is 10.9. The van der Waals surface area contributed by atoms with Gasteiger partial charge < -0.3 is 4.74 Å². The van der Waals surface area contributed by atoms with Crippen LogP contribution in [-0.2, 0) is 14.9 Å². The van der Waals surface area contributed by atoms with E-state index in [9.17, 15) is 4.79 Å². The Morgan fingerprint density at radius 2 is 1.80 bits per heavy atom. The van der Waals surface area contributed by atoms with Crippen molar-refractivity contribution in [2.45, 2.75) is 64.4 Å². The number of hydrogen-bond donors (Lipinski definition) is 0. The number of ether oxygens (including phenoxy) is 1. The minimum atomic E-state index is -0.379. The zero-order valence-electron chi connectivity index (χ0n) is 15.5. The standard InChI is InChI=1S/C23H28O2/c1-16(2)18-22(19(24)25-18)15-21-12-8-7-11-20(21,3)23(22,14-13-21)17-9-5-4-6-10-17/h4-6,9-10,13-14,16,18H,7-8,11-12,15H2,1-3H3/t18-,20-,21+,22-,23-/m0/s1. The van der Waals surface area contributed by atoms with Gasteiger partial charge in [0.15, 0.2) is 0 Å². The summed E-state index contributed by atoms with van der Waals surface area (Å²) in [6, 6.07) is 10.8. The predicted octanol–water partition coefficient (Wildman–Crippen LogP) is 5.03. The lowest BCUT2D eigenvalue weighted by molar-refractivity contribution is -0.226. The molecule has 1 saturated heterocycles. The Hall–Kier alpha value is -1.57. The quantitative estimate of drug-likeness (QED) is 0.559. The van der Waals surface area contributed by atoms with Gasteiger partial charge in [-0.25, -0.2) is 0 Å². The van der Waals surface area contributed by atoms with Crippen LogP contribution in [0.4, 0.5) is 0 Å². The summed E-state index contributed by atoms with van der Waals surface area (Å²) >= 11 is 0. The number of esters is 1. The fourth-order valence-electron chi connectivity index (χ4n) is 7.41. The van der Waals surface area contributed by atoms with Crippen LogP contribution in [0.2, 0.25) is 0 Å². The van der Waals surface area contributed by atoms with Crippen LogP contribution in [0, 0.1) is 22.2 Å². The van der Waals surface area contributed by atoms with Crippen molar-refractivity contribution in [3.8, 4) is 0 Å². The van der Waals surface area contributed by atoms with Gasteiger partial charge in [-0.15, -0.1) is 0 Å². The molecular weight excluding hydrogens is 308 g/mol. The monoisotopic (exact) mass is 336 g/mol. The molecule has 3 aliphatic carbocycles. The van der Waals surface area contributed by atoms with Crippen LogP contribution in [0.25, 0.3) is 0 Å². The highest BCUT2D eigenvalue weighted by Gasteiger charge is 2.85. The number of cyclic esters (lactones) is 1. The Bertz CT molecular complexity index is 766. The van der Waals surface area contributed by atoms with Crippen LogP contribution in [0.1, 0.15) is 58.4 Å². The molecule has 1 heterocycles. The zero-order chi connectivity index (χ0) is 17.5. The molecular formula is C23H28O2. The van der Waals surface area contributed by atoms with E-state index in [1.54, 1.807) is 0 Å². The SMILES string of the molecule is CC(C)[C@@H]1OC(=O)[C@]12C[C@@]13C=C[C@]2(c2ccccc2)[C@@]1(C)CCCC3. The van der Waals surface area contributed by atoms with Crippen LogP contribution in [-0.4, -0.2) is 12.1 Å². The van der Waals surface area contributed by atoms with Gasteiger partial charge in [0.1, 0.15) is 11.5 Å². The molecule has 1 aliphatic heterocycles. The number of carbonyl (C=O) groups excluding carboxylic acids is 1. The molecule has 0 aromatic heterocycles. The molecule has 2 saturated carbocycles.